The molecule has 8 saturated carbocycles. The van der Waals surface area contributed by atoms with Crippen LogP contribution in [-0.2, 0) is 9.47 Å². The first kappa shape index (κ1) is 20.3. The zero-order valence-corrected chi connectivity index (χ0v) is 19.4. The van der Waals surface area contributed by atoms with Crippen LogP contribution in [0.2, 0.25) is 0 Å². The Balaban J connectivity index is 1.12. The van der Waals surface area contributed by atoms with Crippen LogP contribution in [0, 0.1) is 41.4 Å². The van der Waals surface area contributed by atoms with E-state index in [0.29, 0.717) is 35.3 Å². The Morgan fingerprint density at radius 2 is 1.21 bits per heavy atom. The summed E-state index contributed by atoms with van der Waals surface area (Å²) in [5, 5.41) is 0. The van der Waals surface area contributed by atoms with E-state index < -0.39 is 12.2 Å². The molecule has 176 valence electrons. The second kappa shape index (κ2) is 7.48. The predicted molar refractivity (Wildman–Crippen MR) is 124 cm³/mol. The monoisotopic (exact) mass is 449 g/mol. The van der Waals surface area contributed by atoms with Gasteiger partial charge >= 0.3 is 12.2 Å². The van der Waals surface area contributed by atoms with Crippen LogP contribution in [0.5, 0.6) is 0 Å². The zero-order chi connectivity index (χ0) is 22.2. The number of anilines is 1. The quantitative estimate of drug-likeness (QED) is 0.524. The third-order valence-corrected chi connectivity index (χ3v) is 10.0. The maximum atomic E-state index is 13.6. The number of carbonyl (C=O) groups excluding carboxylic acids is 2. The molecule has 0 N–H and O–H groups in total. The average molecular weight is 450 g/mol. The number of hydrogen-bond acceptors (Lipinski definition) is 4. The summed E-state index contributed by atoms with van der Waals surface area (Å²) >= 11 is 0. The number of hydrogen-bond donors (Lipinski definition) is 0. The molecule has 0 aliphatic heterocycles. The molecule has 8 aliphatic rings. The Bertz CT molecular complexity index is 879. The molecule has 5 heteroatoms. The van der Waals surface area contributed by atoms with Crippen LogP contribution < -0.4 is 4.90 Å². The summed E-state index contributed by atoms with van der Waals surface area (Å²) in [6.45, 7) is 0. The number of ether oxygens (including phenoxy) is 2. The summed E-state index contributed by atoms with van der Waals surface area (Å²) in [5.74, 6) is 4.57. The summed E-state index contributed by atoms with van der Waals surface area (Å²) in [5.41, 5.74) is 0.155. The lowest BCUT2D eigenvalue weighted by Gasteiger charge is -2.55. The number of para-hydroxylation sites is 1. The minimum absolute atomic E-state index is 0.0520. The van der Waals surface area contributed by atoms with Gasteiger partial charge in [0, 0.05) is 0 Å². The molecule has 8 aliphatic carbocycles. The Morgan fingerprint density at radius 3 is 1.76 bits per heavy atom. The number of imide groups is 1. The van der Waals surface area contributed by atoms with E-state index >= 15 is 0 Å². The van der Waals surface area contributed by atoms with Crippen LogP contribution in [0.3, 0.4) is 0 Å². The fourth-order valence-corrected chi connectivity index (χ4v) is 9.49. The Kier molecular flexibility index (Phi) is 4.61. The second-order valence-corrected chi connectivity index (χ2v) is 12.4. The first-order chi connectivity index (χ1) is 16.0. The average Bonchev–Trinajstić information content (AvgIpc) is 2.75. The van der Waals surface area contributed by atoms with Gasteiger partial charge in [-0.3, -0.25) is 0 Å². The molecule has 2 amide bonds. The van der Waals surface area contributed by atoms with Crippen molar-refractivity contribution in [2.24, 2.45) is 41.4 Å². The number of carbonyl (C=O) groups is 2. The fourth-order valence-electron chi connectivity index (χ4n) is 9.49. The van der Waals surface area contributed by atoms with E-state index in [1.54, 1.807) is 12.1 Å². The Hall–Kier alpha value is -2.04. The highest BCUT2D eigenvalue weighted by Gasteiger charge is 2.54. The van der Waals surface area contributed by atoms with Gasteiger partial charge in [-0.05, 0) is 124 Å². The van der Waals surface area contributed by atoms with Crippen molar-refractivity contribution in [1.29, 1.82) is 0 Å². The SMILES string of the molecule is O=C(OC1C2CC3CC(C2)CC1C3)N(C(=O)OC12CC3CC(CC(C3)C1)C2)c1ccccc1. The van der Waals surface area contributed by atoms with Crippen molar-refractivity contribution in [2.75, 3.05) is 4.90 Å². The van der Waals surface area contributed by atoms with Crippen molar-refractivity contribution in [3.63, 3.8) is 0 Å². The standard InChI is InChI=1S/C28H35NO4/c30-26(32-25-22-10-17-6-18(12-22)13-23(25)11-17)29(24-4-2-1-3-5-24)27(31)33-28-14-19-7-20(15-28)9-21(8-19)16-28/h1-5,17-23,25H,6-16H2. The van der Waals surface area contributed by atoms with Gasteiger partial charge in [0.1, 0.15) is 11.7 Å². The van der Waals surface area contributed by atoms with Crippen molar-refractivity contribution in [1.82, 2.24) is 0 Å². The van der Waals surface area contributed by atoms with E-state index in [9.17, 15) is 9.59 Å². The molecule has 8 fully saturated rings. The number of amides is 2. The molecule has 0 aromatic heterocycles. The number of nitrogens with zero attached hydrogens (tertiary/aromatic N) is 1. The summed E-state index contributed by atoms with van der Waals surface area (Å²) in [4.78, 5) is 28.4. The highest BCUT2D eigenvalue weighted by atomic mass is 16.6. The summed E-state index contributed by atoms with van der Waals surface area (Å²) in [6, 6.07) is 9.22. The molecule has 8 bridgehead atoms. The van der Waals surface area contributed by atoms with Gasteiger partial charge in [0.15, 0.2) is 0 Å². The van der Waals surface area contributed by atoms with Crippen LogP contribution in [0.25, 0.3) is 0 Å². The highest BCUT2D eigenvalue weighted by Crippen LogP contribution is 2.57. The third-order valence-electron chi connectivity index (χ3n) is 10.0. The van der Waals surface area contributed by atoms with Crippen LogP contribution in [0.15, 0.2) is 30.3 Å². The normalized spacial score (nSPS) is 44.0. The smallest absolute Gasteiger partial charge is 0.424 e. The summed E-state index contributed by atoms with van der Waals surface area (Å²) < 4.78 is 12.5. The largest absolute Gasteiger partial charge is 0.445 e. The molecular formula is C28H35NO4. The van der Waals surface area contributed by atoms with E-state index in [4.69, 9.17) is 9.47 Å². The maximum absolute atomic E-state index is 13.6. The molecule has 9 rings (SSSR count). The molecular weight excluding hydrogens is 414 g/mol. The van der Waals surface area contributed by atoms with Gasteiger partial charge < -0.3 is 9.47 Å². The number of benzene rings is 1. The predicted octanol–water partition coefficient (Wildman–Crippen LogP) is 6.56. The topological polar surface area (TPSA) is 55.8 Å². The number of rotatable bonds is 3. The molecule has 1 aromatic rings. The van der Waals surface area contributed by atoms with Crippen LogP contribution in [-0.4, -0.2) is 23.9 Å². The van der Waals surface area contributed by atoms with E-state index in [1.165, 1.54) is 56.3 Å². The highest BCUT2D eigenvalue weighted by molar-refractivity contribution is 6.09. The fraction of sp³-hybridized carbons (Fsp3) is 0.714. The van der Waals surface area contributed by atoms with Gasteiger partial charge in [0.25, 0.3) is 0 Å². The summed E-state index contributed by atoms with van der Waals surface area (Å²) in [6.07, 6.45) is 11.6. The van der Waals surface area contributed by atoms with E-state index in [2.05, 4.69) is 0 Å². The lowest BCUT2D eigenvalue weighted by atomic mass is 9.54. The molecule has 0 atom stereocenters. The molecule has 0 saturated heterocycles. The van der Waals surface area contributed by atoms with Gasteiger partial charge in [0.05, 0.1) is 5.69 Å². The lowest BCUT2D eigenvalue weighted by molar-refractivity contribution is -0.126. The zero-order valence-electron chi connectivity index (χ0n) is 19.4. The van der Waals surface area contributed by atoms with Crippen LogP contribution in [0.1, 0.15) is 70.6 Å². The molecule has 5 nitrogen and oxygen atoms in total. The van der Waals surface area contributed by atoms with E-state index in [1.807, 2.05) is 18.2 Å². The first-order valence-electron chi connectivity index (χ1n) is 13.3. The first-order valence-corrected chi connectivity index (χ1v) is 13.3. The maximum Gasteiger partial charge on any atom is 0.424 e. The Labute approximate surface area is 196 Å². The van der Waals surface area contributed by atoms with Crippen LogP contribution in [0.4, 0.5) is 15.3 Å². The van der Waals surface area contributed by atoms with Crippen LogP contribution >= 0.6 is 0 Å². The van der Waals surface area contributed by atoms with Gasteiger partial charge in [-0.25, -0.2) is 9.59 Å². The molecule has 33 heavy (non-hydrogen) atoms. The Morgan fingerprint density at radius 1 is 0.697 bits per heavy atom. The van der Waals surface area contributed by atoms with E-state index in [0.717, 1.165) is 31.1 Å². The third kappa shape index (κ3) is 3.49. The molecule has 0 radical (unpaired) electrons. The van der Waals surface area contributed by atoms with Gasteiger partial charge in [-0.1, -0.05) is 18.2 Å². The minimum Gasteiger partial charge on any atom is -0.445 e. The van der Waals surface area contributed by atoms with Crippen molar-refractivity contribution < 1.29 is 19.1 Å². The molecule has 0 unspecified atom stereocenters. The summed E-state index contributed by atoms with van der Waals surface area (Å²) in [7, 11) is 0. The van der Waals surface area contributed by atoms with Crippen molar-refractivity contribution >= 4 is 17.9 Å². The van der Waals surface area contributed by atoms with E-state index in [-0.39, 0.29) is 11.7 Å². The van der Waals surface area contributed by atoms with Crippen molar-refractivity contribution in [3.8, 4) is 0 Å². The second-order valence-electron chi connectivity index (χ2n) is 12.4. The molecule has 1 aromatic carbocycles. The molecule has 0 spiro atoms. The molecule has 0 heterocycles. The van der Waals surface area contributed by atoms with Crippen molar-refractivity contribution in [2.45, 2.75) is 82.3 Å². The minimum atomic E-state index is -0.548. The lowest BCUT2D eigenvalue weighted by Crippen LogP contribution is -2.55. The van der Waals surface area contributed by atoms with Gasteiger partial charge in [0.2, 0.25) is 0 Å². The van der Waals surface area contributed by atoms with Crippen molar-refractivity contribution in [3.05, 3.63) is 30.3 Å². The van der Waals surface area contributed by atoms with Gasteiger partial charge in [-0.15, -0.1) is 0 Å². The van der Waals surface area contributed by atoms with Gasteiger partial charge in [-0.2, -0.15) is 4.90 Å².